The number of carbonyl (C=O) groups is 1. The third-order valence-corrected chi connectivity index (χ3v) is 5.52. The third kappa shape index (κ3) is 4.12. The fraction of sp³-hybridized carbons (Fsp3) is 0.684. The van der Waals surface area contributed by atoms with Crippen molar-refractivity contribution in [3.05, 3.63) is 23.9 Å². The van der Waals surface area contributed by atoms with Crippen LogP contribution in [-0.2, 0) is 16.1 Å². The van der Waals surface area contributed by atoms with Crippen LogP contribution in [0, 0.1) is 11.8 Å². The number of rotatable bonds is 7. The maximum absolute atomic E-state index is 12.0. The van der Waals surface area contributed by atoms with Crippen molar-refractivity contribution in [2.45, 2.75) is 44.4 Å². The third-order valence-electron chi connectivity index (χ3n) is 5.52. The molecule has 6 nitrogen and oxygen atoms in total. The van der Waals surface area contributed by atoms with Crippen molar-refractivity contribution in [1.29, 1.82) is 0 Å². The van der Waals surface area contributed by atoms with Gasteiger partial charge in [0.1, 0.15) is 0 Å². The number of fused-ring (bicyclic) bond motifs is 1. The van der Waals surface area contributed by atoms with E-state index in [0.29, 0.717) is 18.2 Å². The number of carbonyl (C=O) groups excluding carboxylic acids is 1. The summed E-state index contributed by atoms with van der Waals surface area (Å²) in [6.45, 7) is 3.62. The van der Waals surface area contributed by atoms with E-state index >= 15 is 0 Å². The summed E-state index contributed by atoms with van der Waals surface area (Å²) in [5.41, 5.74) is 1.11. The fourth-order valence-electron chi connectivity index (χ4n) is 4.04. The Bertz CT molecular complexity index is 606. The van der Waals surface area contributed by atoms with E-state index in [-0.39, 0.29) is 18.1 Å². The van der Waals surface area contributed by atoms with E-state index in [1.54, 1.807) is 13.3 Å². The van der Waals surface area contributed by atoms with E-state index < -0.39 is 0 Å². The molecule has 0 spiro atoms. The van der Waals surface area contributed by atoms with Crippen molar-refractivity contribution in [1.82, 2.24) is 15.2 Å². The van der Waals surface area contributed by atoms with Gasteiger partial charge in [0, 0.05) is 43.9 Å². The van der Waals surface area contributed by atoms with Crippen LogP contribution in [0.25, 0.3) is 0 Å². The molecule has 0 aromatic carbocycles. The molecule has 6 heteroatoms. The quantitative estimate of drug-likeness (QED) is 0.813. The molecule has 2 saturated heterocycles. The zero-order valence-corrected chi connectivity index (χ0v) is 14.8. The minimum atomic E-state index is 0.0873. The number of methoxy groups -OCH3 is 1. The molecule has 136 valence electrons. The van der Waals surface area contributed by atoms with Gasteiger partial charge in [0.05, 0.1) is 25.7 Å². The Morgan fingerprint density at radius 2 is 2.32 bits per heavy atom. The average molecular weight is 345 g/mol. The van der Waals surface area contributed by atoms with E-state index in [9.17, 15) is 4.79 Å². The number of nitrogens with zero attached hydrogens (tertiary/aromatic N) is 2. The highest BCUT2D eigenvalue weighted by Gasteiger charge is 2.42. The Balaban J connectivity index is 1.24. The normalized spacial score (nSPS) is 28.8. The van der Waals surface area contributed by atoms with Gasteiger partial charge in [-0.1, -0.05) is 6.07 Å². The van der Waals surface area contributed by atoms with Crippen molar-refractivity contribution in [2.24, 2.45) is 11.8 Å². The number of ether oxygens (including phenoxy) is 2. The highest BCUT2D eigenvalue weighted by molar-refractivity contribution is 5.76. The highest BCUT2D eigenvalue weighted by atomic mass is 16.5. The van der Waals surface area contributed by atoms with Crippen LogP contribution in [-0.4, -0.2) is 54.7 Å². The van der Waals surface area contributed by atoms with Gasteiger partial charge in [-0.25, -0.2) is 4.98 Å². The van der Waals surface area contributed by atoms with Crippen molar-refractivity contribution < 1.29 is 14.3 Å². The number of hydrogen-bond acceptors (Lipinski definition) is 5. The number of likely N-dealkylation sites (tertiary alicyclic amines) is 1. The Labute approximate surface area is 148 Å². The summed E-state index contributed by atoms with van der Waals surface area (Å²) in [7, 11) is 1.66. The average Bonchev–Trinajstić information content (AvgIpc) is 3.26. The maximum atomic E-state index is 12.0. The van der Waals surface area contributed by atoms with Gasteiger partial charge in [0.15, 0.2) is 0 Å². The van der Waals surface area contributed by atoms with Gasteiger partial charge >= 0.3 is 0 Å². The molecule has 0 bridgehead atoms. The van der Waals surface area contributed by atoms with Gasteiger partial charge in [0.2, 0.25) is 11.8 Å². The lowest BCUT2D eigenvalue weighted by Gasteiger charge is -2.19. The Morgan fingerprint density at radius 3 is 3.08 bits per heavy atom. The second kappa shape index (κ2) is 7.30. The zero-order valence-electron chi connectivity index (χ0n) is 14.8. The smallest absolute Gasteiger partial charge is 0.222 e. The first-order valence-corrected chi connectivity index (χ1v) is 9.33. The van der Waals surface area contributed by atoms with Crippen LogP contribution in [0.5, 0.6) is 5.88 Å². The second-order valence-corrected chi connectivity index (χ2v) is 7.61. The Morgan fingerprint density at radius 1 is 1.44 bits per heavy atom. The van der Waals surface area contributed by atoms with E-state index in [4.69, 9.17) is 9.47 Å². The Hall–Kier alpha value is -1.66. The van der Waals surface area contributed by atoms with Gasteiger partial charge < -0.3 is 14.8 Å². The van der Waals surface area contributed by atoms with Crippen LogP contribution in [0.2, 0.25) is 0 Å². The first-order chi connectivity index (χ1) is 12.2. The number of amides is 1. The summed E-state index contributed by atoms with van der Waals surface area (Å²) < 4.78 is 11.5. The van der Waals surface area contributed by atoms with Crippen LogP contribution in [0.1, 0.15) is 31.2 Å². The topological polar surface area (TPSA) is 63.7 Å². The molecule has 1 N–H and O–H groups in total. The van der Waals surface area contributed by atoms with Gasteiger partial charge in [-0.3, -0.25) is 9.69 Å². The SMILES string of the molecule is COc1ncccc1CN1C[C@@H]2C[C@H](CC(=O)NCC3CC3)O[C@@H]2C1. The molecule has 1 amide bonds. The van der Waals surface area contributed by atoms with Gasteiger partial charge in [-0.2, -0.15) is 0 Å². The van der Waals surface area contributed by atoms with E-state index in [1.165, 1.54) is 12.8 Å². The fourth-order valence-corrected chi connectivity index (χ4v) is 4.04. The van der Waals surface area contributed by atoms with E-state index in [0.717, 1.165) is 44.1 Å². The number of aromatic nitrogens is 1. The molecule has 3 atom stereocenters. The molecule has 4 rings (SSSR count). The van der Waals surface area contributed by atoms with Crippen LogP contribution in [0.3, 0.4) is 0 Å². The number of pyridine rings is 1. The number of hydrogen-bond donors (Lipinski definition) is 1. The first-order valence-electron chi connectivity index (χ1n) is 9.33. The van der Waals surface area contributed by atoms with E-state index in [1.807, 2.05) is 6.07 Å². The maximum Gasteiger partial charge on any atom is 0.222 e. The van der Waals surface area contributed by atoms with Crippen molar-refractivity contribution in [3.8, 4) is 5.88 Å². The summed E-state index contributed by atoms with van der Waals surface area (Å²) in [4.78, 5) is 18.7. The minimum Gasteiger partial charge on any atom is -0.481 e. The first kappa shape index (κ1) is 16.8. The molecule has 3 fully saturated rings. The molecular formula is C19H27N3O3. The molecule has 0 radical (unpaired) electrons. The minimum absolute atomic E-state index is 0.0873. The monoisotopic (exact) mass is 345 g/mol. The van der Waals surface area contributed by atoms with Crippen molar-refractivity contribution in [2.75, 3.05) is 26.7 Å². The lowest BCUT2D eigenvalue weighted by atomic mass is 10.0. The summed E-state index contributed by atoms with van der Waals surface area (Å²) in [6.07, 6.45) is 6.12. The van der Waals surface area contributed by atoms with Crippen LogP contribution < -0.4 is 10.1 Å². The van der Waals surface area contributed by atoms with Gasteiger partial charge in [-0.15, -0.1) is 0 Å². The molecule has 3 heterocycles. The van der Waals surface area contributed by atoms with Crippen LogP contribution >= 0.6 is 0 Å². The second-order valence-electron chi connectivity index (χ2n) is 7.61. The largest absolute Gasteiger partial charge is 0.481 e. The molecular weight excluding hydrogens is 318 g/mol. The molecule has 25 heavy (non-hydrogen) atoms. The van der Waals surface area contributed by atoms with Crippen LogP contribution in [0.4, 0.5) is 0 Å². The molecule has 1 aliphatic carbocycles. The predicted octanol–water partition coefficient (Wildman–Crippen LogP) is 1.60. The summed E-state index contributed by atoms with van der Waals surface area (Å²) in [5.74, 6) is 2.11. The Kier molecular flexibility index (Phi) is 4.90. The summed E-state index contributed by atoms with van der Waals surface area (Å²) in [6, 6.07) is 4.01. The lowest BCUT2D eigenvalue weighted by molar-refractivity contribution is -0.123. The van der Waals surface area contributed by atoms with E-state index in [2.05, 4.69) is 21.3 Å². The standard InChI is InChI=1S/C19H27N3O3/c1-24-19-14(3-2-6-20-19)10-22-11-15-7-16(25-17(15)12-22)8-18(23)21-9-13-4-5-13/h2-3,6,13,15-17H,4-5,7-12H2,1H3,(H,21,23)/t15-,16+,17+/m0/s1. The highest BCUT2D eigenvalue weighted by Crippen LogP contribution is 2.35. The molecule has 2 aliphatic heterocycles. The summed E-state index contributed by atoms with van der Waals surface area (Å²) >= 11 is 0. The predicted molar refractivity (Wildman–Crippen MR) is 93.2 cm³/mol. The zero-order chi connectivity index (χ0) is 17.2. The molecule has 0 unspecified atom stereocenters. The number of nitrogens with one attached hydrogen (secondary N) is 1. The molecule has 1 aromatic rings. The van der Waals surface area contributed by atoms with Crippen molar-refractivity contribution >= 4 is 5.91 Å². The van der Waals surface area contributed by atoms with Crippen molar-refractivity contribution in [3.63, 3.8) is 0 Å². The van der Waals surface area contributed by atoms with Gasteiger partial charge in [0.25, 0.3) is 0 Å². The molecule has 3 aliphatic rings. The lowest BCUT2D eigenvalue weighted by Crippen LogP contribution is -2.30. The molecule has 1 saturated carbocycles. The summed E-state index contributed by atoms with van der Waals surface area (Å²) in [5, 5.41) is 3.04. The van der Waals surface area contributed by atoms with Gasteiger partial charge in [-0.05, 0) is 31.2 Å². The van der Waals surface area contributed by atoms with Crippen LogP contribution in [0.15, 0.2) is 18.3 Å². The molecule has 1 aromatic heterocycles.